The van der Waals surface area contributed by atoms with Crippen molar-refractivity contribution in [3.05, 3.63) is 72.3 Å². The van der Waals surface area contributed by atoms with Gasteiger partial charge in [-0.3, -0.25) is 0 Å². The number of fused-ring (bicyclic) bond motifs is 1. The van der Waals surface area contributed by atoms with Gasteiger partial charge in [0.05, 0.1) is 14.2 Å². The van der Waals surface area contributed by atoms with E-state index in [4.69, 9.17) is 14.2 Å². The van der Waals surface area contributed by atoms with Crippen molar-refractivity contribution in [1.29, 1.82) is 0 Å². The number of esters is 1. The first-order valence-electron chi connectivity index (χ1n) is 7.81. The molecular weight excluding hydrogens is 316 g/mol. The number of para-hydroxylation sites is 1. The fraction of sp³-hybridized carbons (Fsp3) is 0.0952. The van der Waals surface area contributed by atoms with Gasteiger partial charge < -0.3 is 14.2 Å². The highest BCUT2D eigenvalue weighted by Crippen LogP contribution is 2.31. The third kappa shape index (κ3) is 3.80. The Morgan fingerprint density at radius 1 is 0.880 bits per heavy atom. The minimum absolute atomic E-state index is 0.458. The maximum atomic E-state index is 12.1. The fourth-order valence-electron chi connectivity index (χ4n) is 2.58. The van der Waals surface area contributed by atoms with E-state index in [1.54, 1.807) is 32.4 Å². The number of ether oxygens (including phenoxy) is 3. The average molecular weight is 334 g/mol. The largest absolute Gasteiger partial charge is 0.493 e. The van der Waals surface area contributed by atoms with Gasteiger partial charge in [-0.2, -0.15) is 0 Å². The topological polar surface area (TPSA) is 44.8 Å². The maximum Gasteiger partial charge on any atom is 0.336 e. The molecule has 0 spiro atoms. The van der Waals surface area contributed by atoms with Crippen LogP contribution in [0.2, 0.25) is 0 Å². The smallest absolute Gasteiger partial charge is 0.336 e. The molecule has 0 aliphatic heterocycles. The number of methoxy groups -OCH3 is 2. The summed E-state index contributed by atoms with van der Waals surface area (Å²) in [7, 11) is 3.13. The summed E-state index contributed by atoms with van der Waals surface area (Å²) in [5, 5.41) is 2.12. The standard InChI is InChI=1S/C21H18O4/c1-23-19-9-5-8-16(21(19)24-2)11-13-20(22)25-18-12-10-15-6-3-4-7-17(15)14-18/h3-14H,1-2H3/b13-11+. The van der Waals surface area contributed by atoms with Crippen LogP contribution in [0.25, 0.3) is 16.8 Å². The quantitative estimate of drug-likeness (QED) is 0.392. The summed E-state index contributed by atoms with van der Waals surface area (Å²) in [6.45, 7) is 0. The van der Waals surface area contributed by atoms with Gasteiger partial charge in [0, 0.05) is 11.6 Å². The normalized spacial score (nSPS) is 10.8. The maximum absolute atomic E-state index is 12.1. The minimum Gasteiger partial charge on any atom is -0.493 e. The Morgan fingerprint density at radius 3 is 2.44 bits per heavy atom. The molecule has 0 aliphatic carbocycles. The van der Waals surface area contributed by atoms with Crippen molar-refractivity contribution in [2.45, 2.75) is 0 Å². The van der Waals surface area contributed by atoms with Crippen molar-refractivity contribution in [2.24, 2.45) is 0 Å². The van der Waals surface area contributed by atoms with Gasteiger partial charge in [-0.15, -0.1) is 0 Å². The Morgan fingerprint density at radius 2 is 1.68 bits per heavy atom. The Labute approximate surface area is 146 Å². The molecule has 4 nitrogen and oxygen atoms in total. The summed E-state index contributed by atoms with van der Waals surface area (Å²) in [5.41, 5.74) is 0.734. The molecule has 0 unspecified atom stereocenters. The molecule has 0 radical (unpaired) electrons. The van der Waals surface area contributed by atoms with Crippen molar-refractivity contribution >= 4 is 22.8 Å². The molecule has 3 aromatic carbocycles. The molecule has 0 atom stereocenters. The lowest BCUT2D eigenvalue weighted by Gasteiger charge is -2.09. The zero-order valence-electron chi connectivity index (χ0n) is 14.1. The number of carbonyl (C=O) groups excluding carboxylic acids is 1. The van der Waals surface area contributed by atoms with E-state index < -0.39 is 5.97 Å². The van der Waals surface area contributed by atoms with E-state index in [0.717, 1.165) is 16.3 Å². The van der Waals surface area contributed by atoms with Gasteiger partial charge in [0.1, 0.15) is 5.75 Å². The summed E-state index contributed by atoms with van der Waals surface area (Å²) in [6.07, 6.45) is 3.01. The lowest BCUT2D eigenvalue weighted by Crippen LogP contribution is -2.03. The Hall–Kier alpha value is -3.27. The van der Waals surface area contributed by atoms with Crippen LogP contribution in [0, 0.1) is 0 Å². The third-order valence-electron chi connectivity index (χ3n) is 3.77. The van der Waals surface area contributed by atoms with E-state index in [2.05, 4.69) is 0 Å². The van der Waals surface area contributed by atoms with E-state index in [9.17, 15) is 4.79 Å². The third-order valence-corrected chi connectivity index (χ3v) is 3.77. The summed E-state index contributed by atoms with van der Waals surface area (Å²) >= 11 is 0. The van der Waals surface area contributed by atoms with Crippen LogP contribution in [0.1, 0.15) is 5.56 Å². The van der Waals surface area contributed by atoms with Crippen molar-refractivity contribution < 1.29 is 19.0 Å². The van der Waals surface area contributed by atoms with Crippen molar-refractivity contribution in [3.63, 3.8) is 0 Å². The van der Waals surface area contributed by atoms with Crippen molar-refractivity contribution in [2.75, 3.05) is 14.2 Å². The molecule has 0 saturated heterocycles. The van der Waals surface area contributed by atoms with E-state index in [-0.39, 0.29) is 0 Å². The van der Waals surface area contributed by atoms with Crippen LogP contribution in [-0.4, -0.2) is 20.2 Å². The lowest BCUT2D eigenvalue weighted by molar-refractivity contribution is -0.128. The number of hydrogen-bond donors (Lipinski definition) is 0. The van der Waals surface area contributed by atoms with Gasteiger partial charge in [-0.25, -0.2) is 4.79 Å². The van der Waals surface area contributed by atoms with Crippen LogP contribution < -0.4 is 14.2 Å². The monoisotopic (exact) mass is 334 g/mol. The summed E-state index contributed by atoms with van der Waals surface area (Å²) in [5.74, 6) is 1.22. The van der Waals surface area contributed by atoms with Gasteiger partial charge in [0.2, 0.25) is 0 Å². The highest BCUT2D eigenvalue weighted by molar-refractivity contribution is 5.90. The summed E-state index contributed by atoms with van der Waals surface area (Å²) < 4.78 is 16.0. The second-order valence-electron chi connectivity index (χ2n) is 5.35. The Bertz CT molecular complexity index is 928. The molecule has 25 heavy (non-hydrogen) atoms. The van der Waals surface area contributed by atoms with Crippen LogP contribution in [0.5, 0.6) is 17.2 Å². The van der Waals surface area contributed by atoms with Crippen LogP contribution >= 0.6 is 0 Å². The summed E-state index contributed by atoms with van der Waals surface area (Å²) in [6, 6.07) is 18.9. The first-order valence-corrected chi connectivity index (χ1v) is 7.81. The molecule has 126 valence electrons. The number of carbonyl (C=O) groups is 1. The second-order valence-corrected chi connectivity index (χ2v) is 5.35. The van der Waals surface area contributed by atoms with E-state index in [1.807, 2.05) is 48.5 Å². The van der Waals surface area contributed by atoms with Crippen molar-refractivity contribution in [3.8, 4) is 17.2 Å². The average Bonchev–Trinajstić information content (AvgIpc) is 2.65. The minimum atomic E-state index is -0.458. The van der Waals surface area contributed by atoms with E-state index in [0.29, 0.717) is 17.2 Å². The molecule has 0 saturated carbocycles. The number of rotatable bonds is 5. The SMILES string of the molecule is COc1cccc(/C=C/C(=O)Oc2ccc3ccccc3c2)c1OC. The first-order chi connectivity index (χ1) is 12.2. The fourth-order valence-corrected chi connectivity index (χ4v) is 2.58. The Balaban J connectivity index is 1.76. The predicted octanol–water partition coefficient (Wildman–Crippen LogP) is 4.48. The molecule has 0 amide bonds. The van der Waals surface area contributed by atoms with Crippen LogP contribution in [0.4, 0.5) is 0 Å². The molecular formula is C21H18O4. The van der Waals surface area contributed by atoms with Crippen LogP contribution in [0.15, 0.2) is 66.7 Å². The molecule has 4 heteroatoms. The van der Waals surface area contributed by atoms with Crippen LogP contribution in [-0.2, 0) is 4.79 Å². The summed E-state index contributed by atoms with van der Waals surface area (Å²) in [4.78, 5) is 12.1. The molecule has 0 N–H and O–H groups in total. The number of benzene rings is 3. The van der Waals surface area contributed by atoms with Gasteiger partial charge >= 0.3 is 5.97 Å². The number of hydrogen-bond acceptors (Lipinski definition) is 4. The zero-order valence-corrected chi connectivity index (χ0v) is 14.1. The van der Waals surface area contributed by atoms with E-state index in [1.165, 1.54) is 6.08 Å². The molecule has 3 rings (SSSR count). The Kier molecular flexibility index (Phi) is 5.00. The van der Waals surface area contributed by atoms with Gasteiger partial charge in [-0.1, -0.05) is 42.5 Å². The van der Waals surface area contributed by atoms with Gasteiger partial charge in [0.15, 0.2) is 11.5 Å². The first kappa shape index (κ1) is 16.6. The van der Waals surface area contributed by atoms with Crippen molar-refractivity contribution in [1.82, 2.24) is 0 Å². The molecule has 3 aromatic rings. The highest BCUT2D eigenvalue weighted by atomic mass is 16.5. The second kappa shape index (κ2) is 7.53. The molecule has 0 fully saturated rings. The molecule has 0 aromatic heterocycles. The van der Waals surface area contributed by atoms with Gasteiger partial charge in [0.25, 0.3) is 0 Å². The molecule has 0 aliphatic rings. The highest BCUT2D eigenvalue weighted by Gasteiger charge is 2.08. The lowest BCUT2D eigenvalue weighted by atomic mass is 10.1. The molecule has 0 heterocycles. The van der Waals surface area contributed by atoms with Crippen LogP contribution in [0.3, 0.4) is 0 Å². The molecule has 0 bridgehead atoms. The predicted molar refractivity (Wildman–Crippen MR) is 98.2 cm³/mol. The van der Waals surface area contributed by atoms with Gasteiger partial charge in [-0.05, 0) is 35.0 Å². The zero-order chi connectivity index (χ0) is 17.6. The van der Waals surface area contributed by atoms with E-state index >= 15 is 0 Å².